The van der Waals surface area contributed by atoms with E-state index in [0.29, 0.717) is 22.2 Å². The highest BCUT2D eigenvalue weighted by molar-refractivity contribution is 6.07. The van der Waals surface area contributed by atoms with E-state index < -0.39 is 11.6 Å². The van der Waals surface area contributed by atoms with Gasteiger partial charge in [-0.15, -0.1) is 0 Å². The third-order valence-electron chi connectivity index (χ3n) is 4.66. The second-order valence-corrected chi connectivity index (χ2v) is 6.37. The third-order valence-corrected chi connectivity index (χ3v) is 4.66. The second-order valence-electron chi connectivity index (χ2n) is 6.37. The summed E-state index contributed by atoms with van der Waals surface area (Å²) >= 11 is 0. The van der Waals surface area contributed by atoms with Crippen molar-refractivity contribution in [3.63, 3.8) is 0 Å². The Hall–Kier alpha value is -3.99. The number of para-hydroxylation sites is 1. The second kappa shape index (κ2) is 6.32. The quantitative estimate of drug-likeness (QED) is 0.196. The zero-order valence-electron chi connectivity index (χ0n) is 14.6. The van der Waals surface area contributed by atoms with Gasteiger partial charge < -0.3 is 9.15 Å². The summed E-state index contributed by atoms with van der Waals surface area (Å²) in [5, 5.41) is 3.40. The molecule has 0 N–H and O–H groups in total. The van der Waals surface area contributed by atoms with Crippen LogP contribution in [-0.4, -0.2) is 11.0 Å². The summed E-state index contributed by atoms with van der Waals surface area (Å²) in [6.45, 7) is 0. The van der Waals surface area contributed by atoms with E-state index >= 15 is 0 Å². The first-order chi connectivity index (χ1) is 13.7. The molecule has 2 aromatic heterocycles. The van der Waals surface area contributed by atoms with Crippen molar-refractivity contribution in [3.8, 4) is 5.75 Å². The van der Waals surface area contributed by atoms with E-state index in [-0.39, 0.29) is 5.56 Å². The molecular formula is C23H13NO4. The van der Waals surface area contributed by atoms with E-state index in [1.54, 1.807) is 30.5 Å². The molecule has 0 aliphatic rings. The molecule has 28 heavy (non-hydrogen) atoms. The van der Waals surface area contributed by atoms with Gasteiger partial charge in [0.15, 0.2) is 5.75 Å². The van der Waals surface area contributed by atoms with Gasteiger partial charge in [0, 0.05) is 17.0 Å². The number of carbonyl (C=O) groups is 1. The van der Waals surface area contributed by atoms with Crippen LogP contribution < -0.4 is 10.4 Å². The molecular weight excluding hydrogens is 354 g/mol. The van der Waals surface area contributed by atoms with E-state index in [1.165, 1.54) is 6.07 Å². The lowest BCUT2D eigenvalue weighted by Crippen LogP contribution is -2.19. The Morgan fingerprint density at radius 2 is 1.68 bits per heavy atom. The maximum absolute atomic E-state index is 12.7. The van der Waals surface area contributed by atoms with Crippen LogP contribution in [0.1, 0.15) is 10.4 Å². The lowest BCUT2D eigenvalue weighted by atomic mass is 10.0. The number of esters is 1. The lowest BCUT2D eigenvalue weighted by molar-refractivity contribution is 0.0732. The molecule has 0 unspecified atom stereocenters. The molecule has 5 aromatic rings. The normalized spacial score (nSPS) is 11.1. The van der Waals surface area contributed by atoms with Gasteiger partial charge in [-0.2, -0.15) is 0 Å². The first-order valence-electron chi connectivity index (χ1n) is 8.72. The molecule has 0 fully saturated rings. The highest BCUT2D eigenvalue weighted by Gasteiger charge is 2.18. The first kappa shape index (κ1) is 16.2. The lowest BCUT2D eigenvalue weighted by Gasteiger charge is -2.08. The average Bonchev–Trinajstić information content (AvgIpc) is 2.73. The molecule has 0 bridgehead atoms. The van der Waals surface area contributed by atoms with Gasteiger partial charge in [0.05, 0.1) is 0 Å². The molecule has 134 valence electrons. The Bertz CT molecular complexity index is 1430. The van der Waals surface area contributed by atoms with Gasteiger partial charge in [0.2, 0.25) is 0 Å². The van der Waals surface area contributed by atoms with Gasteiger partial charge in [-0.1, -0.05) is 48.5 Å². The molecule has 0 atom stereocenters. The Balaban J connectivity index is 1.63. The molecule has 0 saturated heterocycles. The van der Waals surface area contributed by atoms with Crippen molar-refractivity contribution in [3.05, 3.63) is 95.0 Å². The van der Waals surface area contributed by atoms with Crippen molar-refractivity contribution in [1.82, 2.24) is 4.98 Å². The van der Waals surface area contributed by atoms with Crippen LogP contribution in [0.2, 0.25) is 0 Å². The highest BCUT2D eigenvalue weighted by Crippen LogP contribution is 2.26. The predicted molar refractivity (Wildman–Crippen MR) is 107 cm³/mol. The van der Waals surface area contributed by atoms with Crippen molar-refractivity contribution < 1.29 is 13.9 Å². The Morgan fingerprint density at radius 3 is 2.61 bits per heavy atom. The van der Waals surface area contributed by atoms with Gasteiger partial charge in [-0.25, -0.2) is 9.59 Å². The van der Waals surface area contributed by atoms with Gasteiger partial charge >= 0.3 is 11.6 Å². The molecule has 0 amide bonds. The maximum atomic E-state index is 12.7. The maximum Gasteiger partial charge on any atom is 0.351 e. The minimum Gasteiger partial charge on any atom is -0.422 e. The van der Waals surface area contributed by atoms with Gasteiger partial charge in [-0.05, 0) is 35.0 Å². The number of pyridine rings is 1. The van der Waals surface area contributed by atoms with Gasteiger partial charge in [0.1, 0.15) is 16.7 Å². The molecule has 5 rings (SSSR count). The van der Waals surface area contributed by atoms with Crippen LogP contribution in [-0.2, 0) is 0 Å². The number of aromatic nitrogens is 1. The van der Waals surface area contributed by atoms with Crippen LogP contribution in [0, 0.1) is 0 Å². The van der Waals surface area contributed by atoms with Crippen LogP contribution in [0.15, 0.2) is 88.2 Å². The predicted octanol–water partition coefficient (Wildman–Crippen LogP) is 4.71. The zero-order chi connectivity index (χ0) is 19.1. The fraction of sp³-hybridized carbons (Fsp3) is 0. The third kappa shape index (κ3) is 2.61. The highest BCUT2D eigenvalue weighted by atomic mass is 16.5. The molecule has 0 spiro atoms. The molecule has 2 heterocycles. The minimum atomic E-state index is -0.776. The van der Waals surface area contributed by atoms with Crippen molar-refractivity contribution in [1.29, 1.82) is 0 Å². The topological polar surface area (TPSA) is 69.4 Å². The molecule has 5 nitrogen and oxygen atoms in total. The minimum absolute atomic E-state index is 0.156. The van der Waals surface area contributed by atoms with Gasteiger partial charge in [0.25, 0.3) is 0 Å². The number of ether oxygens (including phenoxy) is 1. The van der Waals surface area contributed by atoms with Crippen LogP contribution in [0.25, 0.3) is 32.6 Å². The number of benzene rings is 3. The van der Waals surface area contributed by atoms with Crippen LogP contribution in [0.5, 0.6) is 5.75 Å². The number of nitrogens with zero attached hydrogens (tertiary/aromatic N) is 1. The molecule has 0 saturated carbocycles. The summed E-state index contributed by atoms with van der Waals surface area (Å²) in [5.74, 6) is -0.484. The summed E-state index contributed by atoms with van der Waals surface area (Å²) in [7, 11) is 0. The Morgan fingerprint density at radius 1 is 0.857 bits per heavy atom. The monoisotopic (exact) mass is 367 g/mol. The number of hydrogen-bond donors (Lipinski definition) is 0. The molecule has 0 aliphatic carbocycles. The van der Waals surface area contributed by atoms with E-state index in [2.05, 4.69) is 4.98 Å². The number of carbonyl (C=O) groups excluding carboxylic acids is 1. The van der Waals surface area contributed by atoms with E-state index in [9.17, 15) is 9.59 Å². The molecule has 3 aromatic carbocycles. The SMILES string of the molecule is O=C(Oc1cccc2cccnc12)c1cc2c(ccc3ccccc32)oc1=O. The summed E-state index contributed by atoms with van der Waals surface area (Å²) < 4.78 is 10.9. The average molecular weight is 367 g/mol. The smallest absolute Gasteiger partial charge is 0.351 e. The Kier molecular flexibility index (Phi) is 3.66. The largest absolute Gasteiger partial charge is 0.422 e. The molecule has 0 aliphatic heterocycles. The number of rotatable bonds is 2. The molecule has 0 radical (unpaired) electrons. The van der Waals surface area contributed by atoms with Crippen LogP contribution in [0.4, 0.5) is 0 Å². The number of hydrogen-bond acceptors (Lipinski definition) is 5. The van der Waals surface area contributed by atoms with Crippen LogP contribution in [0.3, 0.4) is 0 Å². The summed E-state index contributed by atoms with van der Waals surface area (Å²) in [6, 6.07) is 21.8. The van der Waals surface area contributed by atoms with Crippen molar-refractivity contribution in [2.75, 3.05) is 0 Å². The summed E-state index contributed by atoms with van der Waals surface area (Å²) in [6.07, 6.45) is 1.62. The van der Waals surface area contributed by atoms with Crippen molar-refractivity contribution in [2.24, 2.45) is 0 Å². The Labute approximate surface area is 158 Å². The fourth-order valence-corrected chi connectivity index (χ4v) is 3.33. The zero-order valence-corrected chi connectivity index (χ0v) is 14.6. The number of fused-ring (bicyclic) bond motifs is 4. The summed E-state index contributed by atoms with van der Waals surface area (Å²) in [5.41, 5.74) is 0.0822. The fourth-order valence-electron chi connectivity index (χ4n) is 3.33. The van der Waals surface area contributed by atoms with Crippen molar-refractivity contribution >= 4 is 38.6 Å². The summed E-state index contributed by atoms with van der Waals surface area (Å²) in [4.78, 5) is 29.4. The molecule has 5 heteroatoms. The van der Waals surface area contributed by atoms with Gasteiger partial charge in [-0.3, -0.25) is 4.98 Å². The van der Waals surface area contributed by atoms with E-state index in [0.717, 1.165) is 16.2 Å². The standard InChI is InChI=1S/C23H13NO4/c25-22-18(13-17-16-8-2-1-5-14(16)10-11-19(17)27-22)23(26)28-20-9-3-6-15-7-4-12-24-21(15)20/h1-13H. The van der Waals surface area contributed by atoms with Crippen LogP contribution >= 0.6 is 0 Å². The van der Waals surface area contributed by atoms with Crippen molar-refractivity contribution in [2.45, 2.75) is 0 Å². The first-order valence-corrected chi connectivity index (χ1v) is 8.72. The van der Waals surface area contributed by atoms with E-state index in [1.807, 2.05) is 42.5 Å². The van der Waals surface area contributed by atoms with E-state index in [4.69, 9.17) is 9.15 Å².